The number of nitrogens with two attached hydrogens (primary N) is 1. The van der Waals surface area contributed by atoms with Gasteiger partial charge in [0, 0.05) is 10.8 Å². The maximum absolute atomic E-state index is 12.2. The molecule has 0 aliphatic rings. The summed E-state index contributed by atoms with van der Waals surface area (Å²) in [5, 5.41) is 12.3. The minimum atomic E-state index is -0.462. The Bertz CT molecular complexity index is 823. The van der Waals surface area contributed by atoms with Crippen molar-refractivity contribution in [2.24, 2.45) is 5.73 Å². The van der Waals surface area contributed by atoms with Crippen molar-refractivity contribution in [2.75, 3.05) is 5.32 Å². The van der Waals surface area contributed by atoms with E-state index in [0.717, 1.165) is 10.9 Å². The first-order chi connectivity index (χ1) is 10.1. The highest BCUT2D eigenvalue weighted by atomic mass is 32.1. The number of fused-ring (bicyclic) bond motifs is 1. The molecule has 2 amide bonds. The molecule has 0 saturated heterocycles. The number of nitrogens with one attached hydrogen (secondary N) is 2. The number of para-hydroxylation sites is 1. The van der Waals surface area contributed by atoms with Crippen LogP contribution in [-0.4, -0.2) is 27.0 Å². The van der Waals surface area contributed by atoms with Crippen LogP contribution in [0, 0.1) is 0 Å². The molecule has 3 aromatic rings. The minimum Gasteiger partial charge on any atom is -0.369 e. The molecule has 4 N–H and O–H groups in total. The molecule has 0 aliphatic carbocycles. The van der Waals surface area contributed by atoms with E-state index in [1.165, 1.54) is 11.3 Å². The summed E-state index contributed by atoms with van der Waals surface area (Å²) in [6.45, 7) is 0. The Morgan fingerprint density at radius 3 is 2.95 bits per heavy atom. The average Bonchev–Trinajstić information content (AvgIpc) is 3.04. The van der Waals surface area contributed by atoms with Crippen molar-refractivity contribution in [3.63, 3.8) is 0 Å². The van der Waals surface area contributed by atoms with E-state index in [4.69, 9.17) is 5.73 Å². The highest BCUT2D eigenvalue weighted by Crippen LogP contribution is 2.19. The van der Waals surface area contributed by atoms with E-state index >= 15 is 0 Å². The second-order valence-corrected chi connectivity index (χ2v) is 5.22. The van der Waals surface area contributed by atoms with E-state index < -0.39 is 5.91 Å². The first-order valence-corrected chi connectivity index (χ1v) is 6.98. The summed E-state index contributed by atoms with van der Waals surface area (Å²) in [4.78, 5) is 27.1. The second kappa shape index (κ2) is 5.33. The van der Waals surface area contributed by atoms with Gasteiger partial charge < -0.3 is 5.73 Å². The van der Waals surface area contributed by atoms with Gasteiger partial charge in [0.25, 0.3) is 5.91 Å². The van der Waals surface area contributed by atoms with Gasteiger partial charge in [-0.15, -0.1) is 11.3 Å². The Labute approximate surface area is 123 Å². The van der Waals surface area contributed by atoms with Gasteiger partial charge in [-0.1, -0.05) is 18.2 Å². The van der Waals surface area contributed by atoms with E-state index in [2.05, 4.69) is 20.5 Å². The summed E-state index contributed by atoms with van der Waals surface area (Å²) in [5.74, 6) is -0.816. The van der Waals surface area contributed by atoms with Crippen LogP contribution in [-0.2, 0) is 11.2 Å². The average molecular weight is 301 g/mol. The number of primary amides is 1. The van der Waals surface area contributed by atoms with Crippen LogP contribution in [0.3, 0.4) is 0 Å². The Balaban J connectivity index is 1.80. The van der Waals surface area contributed by atoms with Crippen LogP contribution in [0.15, 0.2) is 29.6 Å². The molecule has 2 aromatic heterocycles. The van der Waals surface area contributed by atoms with Crippen LogP contribution in [0.2, 0.25) is 0 Å². The third-order valence-corrected chi connectivity index (χ3v) is 3.62. The lowest BCUT2D eigenvalue weighted by Crippen LogP contribution is -2.15. The van der Waals surface area contributed by atoms with Crippen LogP contribution >= 0.6 is 11.3 Å². The van der Waals surface area contributed by atoms with Crippen LogP contribution in [0.25, 0.3) is 10.9 Å². The molecule has 3 rings (SSSR count). The fraction of sp³-hybridized carbons (Fsp3) is 0.0769. The van der Waals surface area contributed by atoms with Gasteiger partial charge in [-0.05, 0) is 6.07 Å². The minimum absolute atomic E-state index is 0.0533. The quantitative estimate of drug-likeness (QED) is 0.673. The lowest BCUT2D eigenvalue weighted by atomic mass is 10.2. The summed E-state index contributed by atoms with van der Waals surface area (Å²) in [6.07, 6.45) is 0.0533. The predicted octanol–water partition coefficient (Wildman–Crippen LogP) is 1.30. The number of aromatic amines is 1. The van der Waals surface area contributed by atoms with Crippen molar-refractivity contribution in [1.29, 1.82) is 0 Å². The van der Waals surface area contributed by atoms with E-state index in [1.54, 1.807) is 5.38 Å². The second-order valence-electron chi connectivity index (χ2n) is 4.36. The molecule has 0 atom stereocenters. The molecule has 0 radical (unpaired) electrons. The zero-order valence-corrected chi connectivity index (χ0v) is 11.6. The maximum atomic E-state index is 12.2. The third kappa shape index (κ3) is 2.75. The Hall–Kier alpha value is -2.74. The highest BCUT2D eigenvalue weighted by molar-refractivity contribution is 7.14. The largest absolute Gasteiger partial charge is 0.369 e. The number of aromatic nitrogens is 3. The predicted molar refractivity (Wildman–Crippen MR) is 79.1 cm³/mol. The molecule has 2 heterocycles. The summed E-state index contributed by atoms with van der Waals surface area (Å²) in [6, 6.07) is 7.35. The van der Waals surface area contributed by atoms with Gasteiger partial charge >= 0.3 is 0 Å². The zero-order chi connectivity index (χ0) is 14.8. The monoisotopic (exact) mass is 301 g/mol. The number of nitrogens with zero attached hydrogens (tertiary/aromatic N) is 2. The van der Waals surface area contributed by atoms with Crippen LogP contribution < -0.4 is 11.1 Å². The molecular weight excluding hydrogens is 290 g/mol. The SMILES string of the molecule is NC(=O)Cc1csc(NC(=O)c2n[nH]c3ccccc23)n1. The summed E-state index contributed by atoms with van der Waals surface area (Å²) < 4.78 is 0. The van der Waals surface area contributed by atoms with Gasteiger partial charge in [0.2, 0.25) is 5.91 Å². The van der Waals surface area contributed by atoms with Gasteiger partial charge in [0.15, 0.2) is 10.8 Å². The van der Waals surface area contributed by atoms with Crippen molar-refractivity contribution in [1.82, 2.24) is 15.2 Å². The molecule has 8 heteroatoms. The van der Waals surface area contributed by atoms with Gasteiger partial charge in [-0.2, -0.15) is 5.10 Å². The normalized spacial score (nSPS) is 10.7. The van der Waals surface area contributed by atoms with E-state index in [0.29, 0.717) is 16.5 Å². The number of hydrogen-bond donors (Lipinski definition) is 3. The van der Waals surface area contributed by atoms with Crippen molar-refractivity contribution in [3.8, 4) is 0 Å². The molecule has 106 valence electrons. The van der Waals surface area contributed by atoms with Crippen LogP contribution in [0.4, 0.5) is 5.13 Å². The lowest BCUT2D eigenvalue weighted by molar-refractivity contribution is -0.117. The van der Waals surface area contributed by atoms with Crippen LogP contribution in [0.1, 0.15) is 16.2 Å². The van der Waals surface area contributed by atoms with E-state index in [9.17, 15) is 9.59 Å². The Morgan fingerprint density at radius 1 is 1.33 bits per heavy atom. The van der Waals surface area contributed by atoms with E-state index in [1.807, 2.05) is 24.3 Å². The third-order valence-electron chi connectivity index (χ3n) is 2.81. The van der Waals surface area contributed by atoms with E-state index in [-0.39, 0.29) is 12.3 Å². The number of amides is 2. The number of carbonyl (C=O) groups is 2. The lowest BCUT2D eigenvalue weighted by Gasteiger charge is -1.98. The fourth-order valence-electron chi connectivity index (χ4n) is 1.92. The molecular formula is C13H11N5O2S. The van der Waals surface area contributed by atoms with Gasteiger partial charge in [0.05, 0.1) is 17.6 Å². The van der Waals surface area contributed by atoms with Gasteiger partial charge in [-0.25, -0.2) is 4.98 Å². The number of H-pyrrole nitrogens is 1. The molecule has 0 aliphatic heterocycles. The van der Waals surface area contributed by atoms with Crippen molar-refractivity contribution in [2.45, 2.75) is 6.42 Å². The standard InChI is InChI=1S/C13H11N5O2S/c14-10(19)5-7-6-21-13(15-7)16-12(20)11-8-3-1-2-4-9(8)17-18-11/h1-4,6H,5H2,(H2,14,19)(H,17,18)(H,15,16,20). The summed E-state index contributed by atoms with van der Waals surface area (Å²) in [5.41, 5.74) is 6.73. The summed E-state index contributed by atoms with van der Waals surface area (Å²) in [7, 11) is 0. The molecule has 21 heavy (non-hydrogen) atoms. The number of anilines is 1. The number of carbonyl (C=O) groups excluding carboxylic acids is 2. The van der Waals surface area contributed by atoms with Crippen molar-refractivity contribution in [3.05, 3.63) is 41.0 Å². The Morgan fingerprint density at radius 2 is 2.14 bits per heavy atom. The van der Waals surface area contributed by atoms with Gasteiger partial charge in [0.1, 0.15) is 0 Å². The summed E-state index contributed by atoms with van der Waals surface area (Å²) >= 11 is 1.23. The van der Waals surface area contributed by atoms with Gasteiger partial charge in [-0.3, -0.25) is 20.0 Å². The fourth-order valence-corrected chi connectivity index (χ4v) is 2.62. The van der Waals surface area contributed by atoms with Crippen molar-refractivity contribution < 1.29 is 9.59 Å². The number of hydrogen-bond acceptors (Lipinski definition) is 5. The van der Waals surface area contributed by atoms with Crippen LogP contribution in [0.5, 0.6) is 0 Å². The molecule has 0 unspecified atom stereocenters. The maximum Gasteiger partial charge on any atom is 0.278 e. The first kappa shape index (κ1) is 13.3. The first-order valence-electron chi connectivity index (χ1n) is 6.10. The molecule has 0 fully saturated rings. The topological polar surface area (TPSA) is 114 Å². The molecule has 0 bridgehead atoms. The number of thiazole rings is 1. The molecule has 7 nitrogen and oxygen atoms in total. The highest BCUT2D eigenvalue weighted by Gasteiger charge is 2.15. The molecule has 1 aromatic carbocycles. The number of benzene rings is 1. The Kier molecular flexibility index (Phi) is 3.36. The number of rotatable bonds is 4. The molecule has 0 spiro atoms. The zero-order valence-electron chi connectivity index (χ0n) is 10.8. The smallest absolute Gasteiger partial charge is 0.278 e. The molecule has 0 saturated carbocycles. The van der Waals surface area contributed by atoms with Crippen molar-refractivity contribution >= 4 is 39.2 Å².